The highest BCUT2D eigenvalue weighted by molar-refractivity contribution is 5.84. The average Bonchev–Trinajstić information content (AvgIpc) is 2.33. The van der Waals surface area contributed by atoms with E-state index in [1.54, 1.807) is 0 Å². The maximum absolute atomic E-state index is 11.6. The Balaban J connectivity index is 4.22. The molecule has 0 heterocycles. The summed E-state index contributed by atoms with van der Waals surface area (Å²) >= 11 is 0. The van der Waals surface area contributed by atoms with Crippen LogP contribution < -0.4 is 5.32 Å². The second kappa shape index (κ2) is 9.32. The summed E-state index contributed by atoms with van der Waals surface area (Å²) in [6.07, 6.45) is 0.129. The van der Waals surface area contributed by atoms with Gasteiger partial charge in [0.25, 0.3) is 0 Å². The maximum atomic E-state index is 11.6. The predicted octanol–water partition coefficient (Wildman–Crippen LogP) is 0.182. The van der Waals surface area contributed by atoms with Crippen LogP contribution in [-0.2, 0) is 23.9 Å². The van der Waals surface area contributed by atoms with Gasteiger partial charge in [0.05, 0.1) is 7.11 Å². The fourth-order valence-electron chi connectivity index (χ4n) is 1.53. The minimum atomic E-state index is -1.17. The van der Waals surface area contributed by atoms with Crippen molar-refractivity contribution in [1.29, 1.82) is 0 Å². The van der Waals surface area contributed by atoms with E-state index in [9.17, 15) is 14.4 Å². The van der Waals surface area contributed by atoms with Crippen molar-refractivity contribution in [2.24, 2.45) is 5.92 Å². The van der Waals surface area contributed by atoms with E-state index in [0.717, 1.165) is 0 Å². The van der Waals surface area contributed by atoms with Crippen LogP contribution in [0.25, 0.3) is 0 Å². The Morgan fingerprint density at radius 1 is 1.26 bits per heavy atom. The number of carbonyl (C=O) groups excluding carboxylic acids is 2. The summed E-state index contributed by atoms with van der Waals surface area (Å²) in [5, 5.41) is 11.3. The van der Waals surface area contributed by atoms with Gasteiger partial charge in [0.15, 0.2) is 0 Å². The molecule has 0 radical (unpaired) electrons. The zero-order chi connectivity index (χ0) is 14.8. The van der Waals surface area contributed by atoms with Crippen molar-refractivity contribution in [2.45, 2.75) is 32.2 Å². The number of ether oxygens (including phenoxy) is 2. The molecule has 0 saturated heterocycles. The smallest absolute Gasteiger partial charge is 0.326 e. The Morgan fingerprint density at radius 2 is 1.89 bits per heavy atom. The van der Waals surface area contributed by atoms with Gasteiger partial charge in [-0.15, -0.1) is 0 Å². The Kier molecular flexibility index (Phi) is 8.52. The topological polar surface area (TPSA) is 102 Å². The molecule has 1 amide bonds. The lowest BCUT2D eigenvalue weighted by Crippen LogP contribution is -2.41. The van der Waals surface area contributed by atoms with Gasteiger partial charge in [0.1, 0.15) is 6.04 Å². The molecule has 2 atom stereocenters. The van der Waals surface area contributed by atoms with Gasteiger partial charge in [-0.25, -0.2) is 4.79 Å². The summed E-state index contributed by atoms with van der Waals surface area (Å²) in [6.45, 7) is 2.25. The van der Waals surface area contributed by atoms with Crippen molar-refractivity contribution < 1.29 is 29.0 Å². The number of carboxylic acids is 1. The molecule has 0 aliphatic heterocycles. The number of nitrogens with one attached hydrogen (secondary N) is 1. The Hall–Kier alpha value is -1.63. The summed E-state index contributed by atoms with van der Waals surface area (Å²) < 4.78 is 9.31. The molecule has 110 valence electrons. The molecule has 0 spiro atoms. The second-order valence-electron chi connectivity index (χ2n) is 4.34. The first kappa shape index (κ1) is 17.4. The number of esters is 1. The van der Waals surface area contributed by atoms with Crippen LogP contribution in [0.5, 0.6) is 0 Å². The molecule has 2 N–H and O–H groups in total. The van der Waals surface area contributed by atoms with E-state index in [1.807, 2.05) is 6.92 Å². The molecule has 0 aliphatic carbocycles. The predicted molar refractivity (Wildman–Crippen MR) is 66.5 cm³/mol. The zero-order valence-electron chi connectivity index (χ0n) is 11.5. The lowest BCUT2D eigenvalue weighted by molar-refractivity contribution is -0.144. The van der Waals surface area contributed by atoms with E-state index in [2.05, 4.69) is 10.1 Å². The number of amides is 1. The first-order valence-corrected chi connectivity index (χ1v) is 5.98. The summed E-state index contributed by atoms with van der Waals surface area (Å²) in [4.78, 5) is 33.5. The molecule has 0 fully saturated rings. The zero-order valence-corrected chi connectivity index (χ0v) is 11.5. The second-order valence-corrected chi connectivity index (χ2v) is 4.34. The summed E-state index contributed by atoms with van der Waals surface area (Å²) in [5.41, 5.74) is 0. The van der Waals surface area contributed by atoms with Crippen LogP contribution in [0.3, 0.4) is 0 Å². The minimum Gasteiger partial charge on any atom is -0.480 e. The van der Waals surface area contributed by atoms with E-state index in [4.69, 9.17) is 9.84 Å². The summed E-state index contributed by atoms with van der Waals surface area (Å²) in [5.74, 6) is -2.05. The third kappa shape index (κ3) is 8.15. The highest BCUT2D eigenvalue weighted by Gasteiger charge is 2.21. The molecule has 0 bridgehead atoms. The lowest BCUT2D eigenvalue weighted by Gasteiger charge is -2.15. The van der Waals surface area contributed by atoms with Gasteiger partial charge in [-0.05, 0) is 12.3 Å². The molecule has 7 nitrogen and oxygen atoms in total. The highest BCUT2D eigenvalue weighted by Crippen LogP contribution is 2.04. The van der Waals surface area contributed by atoms with Crippen LogP contribution >= 0.6 is 0 Å². The Bertz CT molecular complexity index is 317. The van der Waals surface area contributed by atoms with Crippen molar-refractivity contribution in [3.05, 3.63) is 0 Å². The fourth-order valence-corrected chi connectivity index (χ4v) is 1.53. The van der Waals surface area contributed by atoms with E-state index in [0.29, 0.717) is 6.61 Å². The van der Waals surface area contributed by atoms with E-state index < -0.39 is 18.0 Å². The van der Waals surface area contributed by atoms with Crippen molar-refractivity contribution in [1.82, 2.24) is 5.32 Å². The molecule has 0 aromatic carbocycles. The van der Waals surface area contributed by atoms with Gasteiger partial charge >= 0.3 is 11.9 Å². The van der Waals surface area contributed by atoms with Gasteiger partial charge < -0.3 is 19.9 Å². The number of aliphatic carboxylic acids is 1. The first-order chi connectivity index (χ1) is 8.90. The maximum Gasteiger partial charge on any atom is 0.326 e. The molecule has 0 rings (SSSR count). The Labute approximate surface area is 112 Å². The number of rotatable bonds is 9. The largest absolute Gasteiger partial charge is 0.480 e. The molecular weight excluding hydrogens is 254 g/mol. The number of carbonyl (C=O) groups is 3. The number of hydrogen-bond acceptors (Lipinski definition) is 5. The van der Waals surface area contributed by atoms with Gasteiger partial charge in [0, 0.05) is 26.6 Å². The molecule has 2 unspecified atom stereocenters. The van der Waals surface area contributed by atoms with Gasteiger partial charge in [-0.2, -0.15) is 0 Å². The molecule has 0 saturated carbocycles. The number of carboxylic acid groups (broad SMARTS) is 1. The van der Waals surface area contributed by atoms with Crippen LogP contribution in [0.15, 0.2) is 0 Å². The van der Waals surface area contributed by atoms with E-state index in [1.165, 1.54) is 14.2 Å². The molecular formula is C12H21NO6. The van der Waals surface area contributed by atoms with E-state index >= 15 is 0 Å². The summed E-state index contributed by atoms with van der Waals surface area (Å²) in [7, 11) is 2.76. The van der Waals surface area contributed by atoms with Crippen LogP contribution in [0.4, 0.5) is 0 Å². The lowest BCUT2D eigenvalue weighted by atomic mass is 10.1. The van der Waals surface area contributed by atoms with Crippen LogP contribution in [0, 0.1) is 5.92 Å². The van der Waals surface area contributed by atoms with Gasteiger partial charge in [-0.3, -0.25) is 9.59 Å². The van der Waals surface area contributed by atoms with Crippen LogP contribution in [-0.4, -0.2) is 49.8 Å². The van der Waals surface area contributed by atoms with Crippen molar-refractivity contribution >= 4 is 17.8 Å². The third-order valence-electron chi connectivity index (χ3n) is 2.48. The molecule has 0 aromatic heterocycles. The monoisotopic (exact) mass is 275 g/mol. The average molecular weight is 275 g/mol. The van der Waals surface area contributed by atoms with Gasteiger partial charge in [-0.1, -0.05) is 6.92 Å². The highest BCUT2D eigenvalue weighted by atomic mass is 16.5. The standard InChI is InChI=1S/C12H21NO6/c1-8(7-18-2)6-10(14)13-9(12(16)17)4-5-11(15)19-3/h8-9H,4-7H2,1-3H3,(H,13,14)(H,16,17). The molecule has 7 heteroatoms. The van der Waals surface area contributed by atoms with Crippen LogP contribution in [0.1, 0.15) is 26.2 Å². The third-order valence-corrected chi connectivity index (χ3v) is 2.48. The fraction of sp³-hybridized carbons (Fsp3) is 0.750. The minimum absolute atomic E-state index is 0.0000481. The van der Waals surface area contributed by atoms with Crippen molar-refractivity contribution in [2.75, 3.05) is 20.8 Å². The SMILES string of the molecule is COCC(C)CC(=O)NC(CCC(=O)OC)C(=O)O. The van der Waals surface area contributed by atoms with E-state index in [-0.39, 0.29) is 31.1 Å². The Morgan fingerprint density at radius 3 is 2.37 bits per heavy atom. The molecule has 0 aliphatic rings. The first-order valence-electron chi connectivity index (χ1n) is 5.98. The molecule has 19 heavy (non-hydrogen) atoms. The quantitative estimate of drug-likeness (QED) is 0.582. The molecule has 0 aromatic rings. The van der Waals surface area contributed by atoms with Gasteiger partial charge in [0.2, 0.25) is 5.91 Å². The normalized spacial score (nSPS) is 13.4. The summed E-state index contributed by atoms with van der Waals surface area (Å²) in [6, 6.07) is -1.08. The van der Waals surface area contributed by atoms with Crippen molar-refractivity contribution in [3.63, 3.8) is 0 Å². The van der Waals surface area contributed by atoms with Crippen LogP contribution in [0.2, 0.25) is 0 Å². The number of hydrogen-bond donors (Lipinski definition) is 2. The van der Waals surface area contributed by atoms with Crippen molar-refractivity contribution in [3.8, 4) is 0 Å². The number of methoxy groups -OCH3 is 2.